The number of carboxylic acid groups (broad SMARTS) is 5. The zero-order valence-electron chi connectivity index (χ0n) is 85.3. The van der Waals surface area contributed by atoms with E-state index < -0.39 is 108 Å². The molecule has 0 saturated carbocycles. The zero-order valence-corrected chi connectivity index (χ0v) is 85.3. The van der Waals surface area contributed by atoms with Crippen molar-refractivity contribution in [1.82, 2.24) is 85.1 Å². The molecule has 3 fully saturated rings. The number of Topliss-reactive ketones (excluding diaryl/α,β-unsaturated/α-hetero) is 4. The second kappa shape index (κ2) is 72.8. The van der Waals surface area contributed by atoms with Gasteiger partial charge in [0.15, 0.2) is 11.6 Å². The van der Waals surface area contributed by atoms with Crippen LogP contribution < -0.4 is 85.1 Å². The van der Waals surface area contributed by atoms with E-state index in [-0.39, 0.29) is 147 Å². The van der Waals surface area contributed by atoms with Crippen LogP contribution >= 0.6 is 0 Å². The first-order chi connectivity index (χ1) is 70.1. The molecule has 4 aromatic rings. The van der Waals surface area contributed by atoms with Gasteiger partial charge in [-0.1, -0.05) is 199 Å². The van der Waals surface area contributed by atoms with Crippen molar-refractivity contribution in [2.75, 3.05) is 98.7 Å². The average molecular weight is 2040 g/mol. The number of ketones is 4. The number of fused-ring (bicyclic) bond motifs is 15. The fourth-order valence-corrected chi connectivity index (χ4v) is 17.3. The highest BCUT2D eigenvalue weighted by Gasteiger charge is 2.36. The van der Waals surface area contributed by atoms with Crippen LogP contribution in [0.3, 0.4) is 0 Å². The summed E-state index contributed by atoms with van der Waals surface area (Å²) in [5, 5.41) is 104. The van der Waals surface area contributed by atoms with Gasteiger partial charge in [0, 0.05) is 193 Å². The van der Waals surface area contributed by atoms with Crippen molar-refractivity contribution in [2.24, 2.45) is 17.3 Å². The summed E-state index contributed by atoms with van der Waals surface area (Å²) < 4.78 is 0. The van der Waals surface area contributed by atoms with E-state index in [1.165, 1.54) is 7.05 Å². The van der Waals surface area contributed by atoms with E-state index in [0.717, 1.165) is 133 Å². The number of carboxylic acids is 5. The summed E-state index contributed by atoms with van der Waals surface area (Å²) in [5.41, 5.74) is 2.99. The Labute approximate surface area is 858 Å². The topological polar surface area (TPSA) is 604 Å². The fourth-order valence-electron chi connectivity index (χ4n) is 17.3. The number of hydrogen-bond donors (Lipinski definition) is 22. The largest absolute Gasteiger partial charge is 0.511 e. The Kier molecular flexibility index (Phi) is 61.8. The Balaban J connectivity index is 0.000000534. The van der Waals surface area contributed by atoms with Crippen LogP contribution in [-0.4, -0.2) is 272 Å². The second-order valence-corrected chi connectivity index (χ2v) is 38.5. The molecule has 0 aromatic heterocycles. The van der Waals surface area contributed by atoms with Crippen molar-refractivity contribution < 1.29 is 112 Å². The number of carbonyl (C=O) groups is 17. The molecule has 3 saturated heterocycles. The monoisotopic (exact) mass is 2040 g/mol. The minimum atomic E-state index is -1.49. The highest BCUT2D eigenvalue weighted by atomic mass is 16.4. The average Bonchev–Trinajstić information content (AvgIpc) is 0.857. The van der Waals surface area contributed by atoms with Gasteiger partial charge >= 0.3 is 41.9 Å². The summed E-state index contributed by atoms with van der Waals surface area (Å²) in [6.45, 7) is 15.5. The molecule has 146 heavy (non-hydrogen) atoms. The number of aliphatic hydroxyl groups is 1. The van der Waals surface area contributed by atoms with Gasteiger partial charge in [-0.2, -0.15) is 0 Å². The third kappa shape index (κ3) is 56.3. The van der Waals surface area contributed by atoms with Crippen LogP contribution in [0.5, 0.6) is 0 Å². The lowest BCUT2D eigenvalue weighted by molar-refractivity contribution is -0.142. The molecule has 8 atom stereocenters. The maximum absolute atomic E-state index is 14.3. The highest BCUT2D eigenvalue weighted by Crippen LogP contribution is 2.23. The van der Waals surface area contributed by atoms with Crippen molar-refractivity contribution in [2.45, 2.75) is 293 Å². The van der Waals surface area contributed by atoms with Crippen molar-refractivity contribution in [3.63, 3.8) is 0 Å². The maximum atomic E-state index is 14.3. The van der Waals surface area contributed by atoms with E-state index >= 15 is 0 Å². The van der Waals surface area contributed by atoms with Crippen LogP contribution in [0.25, 0.3) is 0 Å². The number of hydrogen-bond acceptors (Lipinski definition) is 24. The molecule has 22 N–H and O–H groups in total. The smallest absolute Gasteiger partial charge is 0.326 e. The first-order valence-electron chi connectivity index (χ1n) is 51.9. The number of nitrogens with one attached hydrogen (secondary N) is 16. The number of carbonyl (C=O) groups excluding carboxylic acids is 12. The molecule has 808 valence electrons. The first kappa shape index (κ1) is 124. The number of rotatable bonds is 69. The maximum Gasteiger partial charge on any atom is 0.326 e. The van der Waals surface area contributed by atoms with Crippen molar-refractivity contribution in [1.29, 1.82) is 0 Å². The Morgan fingerprint density at radius 1 is 0.315 bits per heavy atom. The summed E-state index contributed by atoms with van der Waals surface area (Å²) in [4.78, 5) is 213. The molecule has 0 aliphatic carbocycles. The molecule has 5 unspecified atom stereocenters. The van der Waals surface area contributed by atoms with Gasteiger partial charge in [0.25, 0.3) is 0 Å². The standard InChI is InChI=1S/C61H97N11O11.C46H65N5O12/c1-45(73)50(70-59(83)71-51(58(81)82)27-28-56(78)79)24-15-8-14-23-49(74)22-13-4-3-5-16-29-68-57(80)48(36-46-18-9-6-10-19-46)38-53(75)52(37-47-20-11-7-12-21-47)69-54(76)25-17-26-55(77)72-61-42-65-33-30-62-39-60(2,40-63-31-34-66-43-61)41-64-32-35-67-44-61;1-47-40(54)24-16-25-41(55)49-38(30-33-19-10-6-11-20-33)39(53)31-34(29-32-17-8-5-9-18-32)43(58)48-28-15-4-2-3-12-21-35(52)22-13-7-14-23-36(44(59)60)50-46(63)51-37(45(61)62)26-27-42(56)57/h6-7,9-12,18-21,48,50-52,62-67,73H,1,3-5,8,13-17,22-44H2,2H3,(H,68,80)(H,69,76)(H,72,77)(H,78,79)(H,81,82)(H2,70,71,83);5-6,8-11,17-20,34,36-38H,2-4,7,12-16,21-31H2,1H3,(H,47,54)(H,48,58)(H,49,55)(H,56,57)(H,59,60)(H,61,62)(H2,50,51,63)/t48-,50?,51?,52+,60?,61?;34?,36?,37?,38-/m01/s1. The molecule has 2 bridgehead atoms. The SMILES string of the molecule is C=C(O)C(CCCCCC(=O)CCCCCCCNC(=O)[C@H](CC(=O)[C@@H](Cc1ccccc1)NC(=O)CCCC(=O)NC12CNCCNCC(C)(CNCCNC1)CNCCNC2)Cc1ccccc1)NC(=O)NC(CCC(=O)O)C(=O)O.CNC(=O)CCCC(=O)N[C@H](Cc1ccccc1)C(=O)CC(Cc1ccccc1)C(=O)NCCCCCCCC(=O)CCCCCC(NC(=O)NC(CCC(=O)O)C(=O)O)C(=O)O. The molecule has 10 amide bonds. The fraction of sp³-hybridized carbons (Fsp3) is 0.598. The first-order valence-corrected chi connectivity index (χ1v) is 51.9. The van der Waals surface area contributed by atoms with Crippen LogP contribution in [0.15, 0.2) is 134 Å². The van der Waals surface area contributed by atoms with E-state index in [4.69, 9.17) is 10.2 Å². The molecular formula is C107H162N16O23. The Bertz CT molecular complexity index is 4610. The molecule has 4 aromatic carbocycles. The summed E-state index contributed by atoms with van der Waals surface area (Å²) in [5.74, 6) is -9.96. The van der Waals surface area contributed by atoms with Gasteiger partial charge in [0.2, 0.25) is 35.4 Å². The molecule has 7 rings (SSSR count). The van der Waals surface area contributed by atoms with Gasteiger partial charge in [-0.15, -0.1) is 0 Å². The van der Waals surface area contributed by atoms with Crippen LogP contribution in [0.1, 0.15) is 247 Å². The quantitative estimate of drug-likeness (QED) is 0.0149. The van der Waals surface area contributed by atoms with Gasteiger partial charge in [0.1, 0.15) is 35.5 Å². The van der Waals surface area contributed by atoms with Crippen molar-refractivity contribution in [3.05, 3.63) is 156 Å². The minimum Gasteiger partial charge on any atom is -0.511 e. The van der Waals surface area contributed by atoms with E-state index in [0.29, 0.717) is 135 Å². The molecule has 3 aliphatic heterocycles. The van der Waals surface area contributed by atoms with Crippen molar-refractivity contribution >= 4 is 100 Å². The van der Waals surface area contributed by atoms with Crippen LogP contribution in [0.2, 0.25) is 0 Å². The third-order valence-corrected chi connectivity index (χ3v) is 25.7. The van der Waals surface area contributed by atoms with E-state index in [1.54, 1.807) is 0 Å². The lowest BCUT2D eigenvalue weighted by Crippen LogP contribution is -2.66. The van der Waals surface area contributed by atoms with E-state index in [1.807, 2.05) is 121 Å². The van der Waals surface area contributed by atoms with Gasteiger partial charge in [-0.05, 0) is 125 Å². The zero-order chi connectivity index (χ0) is 107. The second-order valence-electron chi connectivity index (χ2n) is 38.5. The molecule has 39 heteroatoms. The minimum absolute atomic E-state index is 0.0396. The number of aliphatic carboxylic acids is 5. The summed E-state index contributed by atoms with van der Waals surface area (Å²) in [6, 6.07) is 29.1. The predicted octanol–water partition coefficient (Wildman–Crippen LogP) is 7.66. The van der Waals surface area contributed by atoms with Crippen LogP contribution in [0, 0.1) is 17.3 Å². The number of unbranched alkanes of at least 4 members (excludes halogenated alkanes) is 12. The normalized spacial score (nSPS) is 16.6. The summed E-state index contributed by atoms with van der Waals surface area (Å²) in [7, 11) is 1.53. The molecule has 3 aliphatic rings. The number of urea groups is 2. The molecule has 3 heterocycles. The van der Waals surface area contributed by atoms with Gasteiger partial charge in [-0.25, -0.2) is 24.0 Å². The lowest BCUT2D eigenvalue weighted by Gasteiger charge is -2.37. The van der Waals surface area contributed by atoms with E-state index in [2.05, 4.69) is 98.6 Å². The number of aliphatic hydroxyl groups excluding tert-OH is 1. The third-order valence-electron chi connectivity index (χ3n) is 25.7. The Morgan fingerprint density at radius 2 is 0.610 bits per heavy atom. The van der Waals surface area contributed by atoms with Crippen LogP contribution in [-0.2, 0) is 97.6 Å². The summed E-state index contributed by atoms with van der Waals surface area (Å²) >= 11 is 0. The van der Waals surface area contributed by atoms with Gasteiger partial charge < -0.3 is 116 Å². The van der Waals surface area contributed by atoms with Gasteiger partial charge in [-0.3, -0.25) is 57.5 Å². The molecular weight excluding hydrogens is 1880 g/mol. The highest BCUT2D eigenvalue weighted by molar-refractivity contribution is 5.95. The molecule has 39 nitrogen and oxygen atoms in total. The lowest BCUT2D eigenvalue weighted by atomic mass is 9.89. The van der Waals surface area contributed by atoms with Gasteiger partial charge in [0.05, 0.1) is 23.7 Å². The number of amides is 10. The predicted molar refractivity (Wildman–Crippen MR) is 553 cm³/mol. The van der Waals surface area contributed by atoms with Crippen LogP contribution in [0.4, 0.5) is 9.59 Å². The molecule has 0 radical (unpaired) electrons. The molecule has 0 spiro atoms. The Morgan fingerprint density at radius 3 is 0.945 bits per heavy atom. The van der Waals surface area contributed by atoms with Crippen molar-refractivity contribution in [3.8, 4) is 0 Å². The Hall–Kier alpha value is -12.4. The number of benzene rings is 4. The van der Waals surface area contributed by atoms with E-state index in [9.17, 15) is 102 Å². The summed E-state index contributed by atoms with van der Waals surface area (Å²) in [6.07, 6.45) is 13.8.